The fourth-order valence-corrected chi connectivity index (χ4v) is 2.62. The fraction of sp³-hybridized carbons (Fsp3) is 0.542. The van der Waals surface area contributed by atoms with Crippen LogP contribution in [-0.2, 0) is 14.3 Å². The summed E-state index contributed by atoms with van der Waals surface area (Å²) in [5.74, 6) is 7.32. The summed E-state index contributed by atoms with van der Waals surface area (Å²) in [6.45, 7) is 13.9. The van der Waals surface area contributed by atoms with E-state index in [1.807, 2.05) is 27.0 Å². The fourth-order valence-electron chi connectivity index (χ4n) is 1.85. The number of amides is 1. The number of nitrogens with zero attached hydrogens (tertiary/aromatic N) is 2. The third-order valence-corrected chi connectivity index (χ3v) is 4.84. The Kier molecular flexibility index (Phi) is 17.5. The molecule has 1 aliphatic rings. The van der Waals surface area contributed by atoms with E-state index in [2.05, 4.69) is 52.9 Å². The molecule has 0 aliphatic heterocycles. The van der Waals surface area contributed by atoms with Crippen molar-refractivity contribution < 1.29 is 14.3 Å². The summed E-state index contributed by atoms with van der Waals surface area (Å²) in [6, 6.07) is 0. The highest BCUT2D eigenvalue weighted by Gasteiger charge is 2.20. The van der Waals surface area contributed by atoms with Gasteiger partial charge in [0.1, 0.15) is 4.88 Å². The highest BCUT2D eigenvalue weighted by atomic mass is 32.1. The number of aromatic nitrogens is 1. The maximum absolute atomic E-state index is 9.75. The molecule has 0 bridgehead atoms. The van der Waals surface area contributed by atoms with Crippen molar-refractivity contribution in [1.29, 1.82) is 0 Å². The molecule has 7 nitrogen and oxygen atoms in total. The molecular formula is C24H38N4O3S. The third-order valence-electron chi connectivity index (χ3n) is 3.75. The van der Waals surface area contributed by atoms with Crippen LogP contribution in [0.5, 0.6) is 0 Å². The minimum atomic E-state index is 0.354. The molecule has 1 aliphatic carbocycles. The second kappa shape index (κ2) is 19.1. The van der Waals surface area contributed by atoms with Gasteiger partial charge in [0.05, 0.1) is 19.4 Å². The number of aliphatic imine (C=N–C) groups is 1. The van der Waals surface area contributed by atoms with Gasteiger partial charge in [-0.05, 0) is 45.1 Å². The van der Waals surface area contributed by atoms with Crippen LogP contribution in [0.3, 0.4) is 0 Å². The zero-order valence-electron chi connectivity index (χ0n) is 20.3. The van der Waals surface area contributed by atoms with Crippen molar-refractivity contribution in [1.82, 2.24) is 10.3 Å². The van der Waals surface area contributed by atoms with E-state index in [1.165, 1.54) is 37.7 Å². The van der Waals surface area contributed by atoms with Gasteiger partial charge in [0, 0.05) is 32.0 Å². The summed E-state index contributed by atoms with van der Waals surface area (Å²) in [5.41, 5.74) is 1.73. The zero-order valence-corrected chi connectivity index (χ0v) is 21.1. The molecule has 178 valence electrons. The summed E-state index contributed by atoms with van der Waals surface area (Å²) < 4.78 is 10.1. The molecule has 8 heteroatoms. The number of hydrogen-bond acceptors (Lipinski definition) is 7. The Bertz CT molecular complexity index is 787. The van der Waals surface area contributed by atoms with Gasteiger partial charge in [0.2, 0.25) is 12.3 Å². The number of rotatable bonds is 10. The minimum absolute atomic E-state index is 0.354. The summed E-state index contributed by atoms with van der Waals surface area (Å²) in [7, 11) is 3.37. The SMILES string of the molecule is C=C(/N=C\C(C#Cc1sc(NC)nc1C)=C/C)OC.CCC.O=CNCCOCC1CC1. The van der Waals surface area contributed by atoms with E-state index in [-0.39, 0.29) is 0 Å². The number of ether oxygens (including phenoxy) is 2. The number of carbonyl (C=O) groups is 1. The first-order valence-corrected chi connectivity index (χ1v) is 11.6. The van der Waals surface area contributed by atoms with Crippen LogP contribution in [0.2, 0.25) is 0 Å². The first-order chi connectivity index (χ1) is 15.4. The summed E-state index contributed by atoms with van der Waals surface area (Å²) in [4.78, 5) is 19.1. The number of allylic oxidation sites excluding steroid dienone is 2. The van der Waals surface area contributed by atoms with E-state index in [0.717, 1.165) is 33.8 Å². The predicted octanol–water partition coefficient (Wildman–Crippen LogP) is 4.55. The highest BCUT2D eigenvalue weighted by Crippen LogP contribution is 2.28. The van der Waals surface area contributed by atoms with Crippen LogP contribution in [0.15, 0.2) is 29.1 Å². The minimum Gasteiger partial charge on any atom is -0.481 e. The van der Waals surface area contributed by atoms with Crippen molar-refractivity contribution in [2.75, 3.05) is 39.2 Å². The zero-order chi connectivity index (χ0) is 24.2. The molecule has 1 heterocycles. The van der Waals surface area contributed by atoms with Crippen molar-refractivity contribution in [3.63, 3.8) is 0 Å². The Morgan fingerprint density at radius 2 is 2.09 bits per heavy atom. The van der Waals surface area contributed by atoms with Crippen molar-refractivity contribution >= 4 is 29.1 Å². The van der Waals surface area contributed by atoms with E-state index in [0.29, 0.717) is 25.4 Å². The Morgan fingerprint density at radius 1 is 1.41 bits per heavy atom. The highest BCUT2D eigenvalue weighted by molar-refractivity contribution is 7.16. The quantitative estimate of drug-likeness (QED) is 0.175. The van der Waals surface area contributed by atoms with Gasteiger partial charge in [0.25, 0.3) is 0 Å². The molecule has 0 spiro atoms. The molecule has 32 heavy (non-hydrogen) atoms. The second-order valence-corrected chi connectivity index (χ2v) is 7.83. The van der Waals surface area contributed by atoms with E-state index < -0.39 is 0 Å². The monoisotopic (exact) mass is 462 g/mol. The standard InChI is InChI=1S/C14H17N3OS.C7H13NO2.C3H8/c1-6-12(9-16-11(3)18-5)7-8-13-10(2)17-14(15-4)19-13;9-6-8-3-4-10-5-7-1-2-7;1-3-2/h6,9H,3H2,1-2,4-5H3,(H,15,17);6-7H,1-5H2,(H,8,9);3H2,1-2H3/b12-6-,16-9-;;. The molecule has 1 fully saturated rings. The van der Waals surface area contributed by atoms with Crippen molar-refractivity contribution in [3.05, 3.63) is 34.7 Å². The number of aryl methyl sites for hydroxylation is 1. The average Bonchev–Trinajstić information content (AvgIpc) is 3.55. The first kappa shape index (κ1) is 29.4. The third kappa shape index (κ3) is 15.2. The van der Waals surface area contributed by atoms with Crippen molar-refractivity contribution in [3.8, 4) is 11.8 Å². The smallest absolute Gasteiger partial charge is 0.207 e. The van der Waals surface area contributed by atoms with Crippen LogP contribution in [0, 0.1) is 24.7 Å². The van der Waals surface area contributed by atoms with Crippen LogP contribution in [0.4, 0.5) is 5.13 Å². The van der Waals surface area contributed by atoms with Gasteiger partial charge in [0.15, 0.2) is 5.13 Å². The van der Waals surface area contributed by atoms with E-state index in [9.17, 15) is 4.79 Å². The molecule has 1 aromatic heterocycles. The number of carbonyl (C=O) groups excluding carboxylic acids is 1. The number of hydrogen-bond donors (Lipinski definition) is 2. The maximum atomic E-state index is 9.75. The average molecular weight is 463 g/mol. The van der Waals surface area contributed by atoms with E-state index >= 15 is 0 Å². The predicted molar refractivity (Wildman–Crippen MR) is 135 cm³/mol. The van der Waals surface area contributed by atoms with Crippen LogP contribution in [-0.4, -0.2) is 51.5 Å². The number of nitrogens with one attached hydrogen (secondary N) is 2. The molecule has 0 aromatic carbocycles. The van der Waals surface area contributed by atoms with Crippen molar-refractivity contribution in [2.45, 2.75) is 47.0 Å². The number of thiazole rings is 1. The van der Waals surface area contributed by atoms with Crippen LogP contribution in [0.1, 0.15) is 50.6 Å². The lowest BCUT2D eigenvalue weighted by Gasteiger charge is -2.00. The summed E-state index contributed by atoms with van der Waals surface area (Å²) in [5, 5.41) is 6.41. The topological polar surface area (TPSA) is 84.8 Å². The molecule has 1 amide bonds. The molecule has 1 saturated carbocycles. The first-order valence-electron chi connectivity index (χ1n) is 10.8. The normalized spacial score (nSPS) is 12.4. The largest absolute Gasteiger partial charge is 0.481 e. The molecule has 0 atom stereocenters. The molecule has 1 aromatic rings. The van der Waals surface area contributed by atoms with Crippen LogP contribution < -0.4 is 10.6 Å². The lowest BCUT2D eigenvalue weighted by Crippen LogP contribution is -2.17. The number of methoxy groups -OCH3 is 1. The maximum Gasteiger partial charge on any atom is 0.207 e. The molecular weight excluding hydrogens is 424 g/mol. The number of anilines is 1. The lowest BCUT2D eigenvalue weighted by atomic mass is 10.2. The van der Waals surface area contributed by atoms with Gasteiger partial charge in [-0.1, -0.05) is 43.6 Å². The van der Waals surface area contributed by atoms with Gasteiger partial charge in [-0.15, -0.1) is 0 Å². The lowest BCUT2D eigenvalue weighted by molar-refractivity contribution is -0.109. The van der Waals surface area contributed by atoms with Gasteiger partial charge in [-0.2, -0.15) is 0 Å². The van der Waals surface area contributed by atoms with Crippen molar-refractivity contribution in [2.24, 2.45) is 10.9 Å². The van der Waals surface area contributed by atoms with E-state index in [1.54, 1.807) is 6.21 Å². The Morgan fingerprint density at radius 3 is 2.59 bits per heavy atom. The molecule has 2 N–H and O–H groups in total. The van der Waals surface area contributed by atoms with Gasteiger partial charge < -0.3 is 20.1 Å². The summed E-state index contributed by atoms with van der Waals surface area (Å²) >= 11 is 1.53. The molecule has 0 saturated heterocycles. The summed E-state index contributed by atoms with van der Waals surface area (Å²) in [6.07, 6.45) is 8.10. The Labute approximate surface area is 197 Å². The van der Waals surface area contributed by atoms with Crippen LogP contribution >= 0.6 is 11.3 Å². The molecule has 0 unspecified atom stereocenters. The van der Waals surface area contributed by atoms with Gasteiger partial charge in [-0.25, -0.2) is 9.98 Å². The Hall–Kier alpha value is -2.63. The van der Waals surface area contributed by atoms with Crippen LogP contribution in [0.25, 0.3) is 0 Å². The van der Waals surface area contributed by atoms with Gasteiger partial charge >= 0.3 is 0 Å². The second-order valence-electron chi connectivity index (χ2n) is 6.83. The van der Waals surface area contributed by atoms with E-state index in [4.69, 9.17) is 9.47 Å². The molecule has 2 rings (SSSR count). The molecule has 0 radical (unpaired) electrons. The Balaban J connectivity index is 0.000000615. The van der Waals surface area contributed by atoms with Gasteiger partial charge in [-0.3, -0.25) is 4.79 Å².